The maximum atomic E-state index is 5.35. The summed E-state index contributed by atoms with van der Waals surface area (Å²) in [6.07, 6.45) is 6.81. The summed E-state index contributed by atoms with van der Waals surface area (Å²) in [6, 6.07) is 0. The van der Waals surface area contributed by atoms with Crippen molar-refractivity contribution in [2.45, 2.75) is 44.0 Å². The van der Waals surface area contributed by atoms with Gasteiger partial charge in [-0.05, 0) is 33.0 Å². The minimum absolute atomic E-state index is 0.502. The quantitative estimate of drug-likeness (QED) is 0.374. The van der Waals surface area contributed by atoms with E-state index < -0.39 is 0 Å². The molecule has 122 valence electrons. The van der Waals surface area contributed by atoms with E-state index in [2.05, 4.69) is 16.8 Å². The highest BCUT2D eigenvalue weighted by Gasteiger charge is 2.30. The van der Waals surface area contributed by atoms with Crippen molar-refractivity contribution >= 4 is 0 Å². The number of likely N-dealkylation sites (N-methyl/N-ethyl adjacent to an activating group) is 1. The molecule has 3 aliphatic rings. The summed E-state index contributed by atoms with van der Waals surface area (Å²) in [5.74, 6) is 0. The third-order valence-electron chi connectivity index (χ3n) is 4.41. The lowest BCUT2D eigenvalue weighted by molar-refractivity contribution is 0.215. The van der Waals surface area contributed by atoms with Crippen LogP contribution in [0.1, 0.15) is 25.7 Å². The van der Waals surface area contributed by atoms with Crippen LogP contribution in [0, 0.1) is 0 Å². The van der Waals surface area contributed by atoms with E-state index in [1.54, 1.807) is 0 Å². The number of hydrogen-bond donors (Lipinski definition) is 0. The molecule has 0 N–H and O–H groups in total. The Morgan fingerprint density at radius 2 is 1.19 bits per heavy atom. The molecule has 0 aromatic carbocycles. The fraction of sp³-hybridized carbons (Fsp3) is 1.00. The average molecular weight is 298 g/mol. The predicted octanol–water partition coefficient (Wildman–Crippen LogP) is 0.977. The predicted molar refractivity (Wildman–Crippen MR) is 81.6 cm³/mol. The van der Waals surface area contributed by atoms with Crippen LogP contribution in [0.2, 0.25) is 0 Å². The monoisotopic (exact) mass is 298 g/mol. The molecule has 3 atom stereocenters. The molecule has 3 heterocycles. The fourth-order valence-corrected chi connectivity index (χ4v) is 2.86. The molecule has 0 radical (unpaired) electrons. The average Bonchev–Trinajstić information content (AvgIpc) is 3.28. The van der Waals surface area contributed by atoms with Crippen molar-refractivity contribution in [1.82, 2.24) is 9.80 Å². The van der Waals surface area contributed by atoms with Crippen molar-refractivity contribution in [3.05, 3.63) is 0 Å². The van der Waals surface area contributed by atoms with Crippen LogP contribution in [0.5, 0.6) is 0 Å². The van der Waals surface area contributed by atoms with Gasteiger partial charge in [-0.15, -0.1) is 0 Å². The van der Waals surface area contributed by atoms with Gasteiger partial charge in [0.2, 0.25) is 0 Å². The zero-order chi connectivity index (χ0) is 14.5. The number of unbranched alkanes of at least 4 members (excludes halogenated alkanes) is 3. The molecule has 3 fully saturated rings. The minimum Gasteiger partial charge on any atom is -0.372 e. The molecule has 0 aromatic heterocycles. The van der Waals surface area contributed by atoms with Crippen LogP contribution in [0.3, 0.4) is 0 Å². The highest BCUT2D eigenvalue weighted by molar-refractivity contribution is 4.80. The zero-order valence-corrected chi connectivity index (χ0v) is 13.3. The van der Waals surface area contributed by atoms with Crippen molar-refractivity contribution in [2.24, 2.45) is 0 Å². The largest absolute Gasteiger partial charge is 0.372 e. The van der Waals surface area contributed by atoms with Gasteiger partial charge in [-0.25, -0.2) is 0 Å². The Hall–Kier alpha value is -0.200. The lowest BCUT2D eigenvalue weighted by Gasteiger charge is -2.20. The summed E-state index contributed by atoms with van der Waals surface area (Å²) in [5, 5.41) is 0. The van der Waals surface area contributed by atoms with Gasteiger partial charge in [0.1, 0.15) is 0 Å². The van der Waals surface area contributed by atoms with Gasteiger partial charge in [0, 0.05) is 19.6 Å². The van der Waals surface area contributed by atoms with E-state index in [0.717, 1.165) is 39.5 Å². The minimum atomic E-state index is 0.502. The molecule has 5 nitrogen and oxygen atoms in total. The first kappa shape index (κ1) is 15.7. The molecule has 0 saturated carbocycles. The summed E-state index contributed by atoms with van der Waals surface area (Å²) in [6.45, 7) is 8.60. The first-order valence-corrected chi connectivity index (χ1v) is 8.55. The lowest BCUT2D eigenvalue weighted by atomic mass is 10.1. The Balaban J connectivity index is 1.17. The Morgan fingerprint density at radius 1 is 0.714 bits per heavy atom. The molecule has 3 aliphatic heterocycles. The third-order valence-corrected chi connectivity index (χ3v) is 4.41. The Morgan fingerprint density at radius 3 is 1.71 bits per heavy atom. The van der Waals surface area contributed by atoms with Gasteiger partial charge in [-0.2, -0.15) is 0 Å². The second kappa shape index (κ2) is 7.88. The van der Waals surface area contributed by atoms with E-state index in [1.165, 1.54) is 38.8 Å². The van der Waals surface area contributed by atoms with Gasteiger partial charge in [0.05, 0.1) is 38.1 Å². The van der Waals surface area contributed by atoms with E-state index in [4.69, 9.17) is 14.2 Å². The van der Waals surface area contributed by atoms with Gasteiger partial charge in [0.15, 0.2) is 0 Å². The summed E-state index contributed by atoms with van der Waals surface area (Å²) >= 11 is 0. The van der Waals surface area contributed by atoms with Crippen molar-refractivity contribution in [2.75, 3.05) is 59.6 Å². The number of nitrogens with zero attached hydrogens (tertiary/aromatic N) is 2. The lowest BCUT2D eigenvalue weighted by Crippen LogP contribution is -2.32. The van der Waals surface area contributed by atoms with Crippen molar-refractivity contribution < 1.29 is 14.2 Å². The van der Waals surface area contributed by atoms with E-state index in [0.29, 0.717) is 18.3 Å². The SMILES string of the molecule is CN(CCCCCCN(CC1CO1)CC1CO1)CC1CO1. The van der Waals surface area contributed by atoms with Crippen molar-refractivity contribution in [3.8, 4) is 0 Å². The van der Waals surface area contributed by atoms with Gasteiger partial charge in [0.25, 0.3) is 0 Å². The number of epoxide rings is 3. The number of rotatable bonds is 13. The molecule has 0 bridgehead atoms. The highest BCUT2D eigenvalue weighted by atomic mass is 16.6. The summed E-state index contributed by atoms with van der Waals surface area (Å²) in [7, 11) is 2.20. The smallest absolute Gasteiger partial charge is 0.0936 e. The second-order valence-corrected chi connectivity index (χ2v) is 6.80. The Labute approximate surface area is 128 Å². The Kier molecular flexibility index (Phi) is 5.89. The summed E-state index contributed by atoms with van der Waals surface area (Å²) in [4.78, 5) is 4.94. The van der Waals surface area contributed by atoms with Crippen LogP contribution in [-0.4, -0.2) is 87.7 Å². The molecule has 0 spiro atoms. The van der Waals surface area contributed by atoms with E-state index in [1.807, 2.05) is 0 Å². The fourth-order valence-electron chi connectivity index (χ4n) is 2.86. The van der Waals surface area contributed by atoms with Gasteiger partial charge in [-0.1, -0.05) is 12.8 Å². The van der Waals surface area contributed by atoms with E-state index >= 15 is 0 Å². The maximum absolute atomic E-state index is 5.35. The molecule has 0 amide bonds. The second-order valence-electron chi connectivity index (χ2n) is 6.80. The van der Waals surface area contributed by atoms with Crippen LogP contribution in [0.25, 0.3) is 0 Å². The van der Waals surface area contributed by atoms with Gasteiger partial charge >= 0.3 is 0 Å². The number of hydrogen-bond acceptors (Lipinski definition) is 5. The van der Waals surface area contributed by atoms with E-state index in [-0.39, 0.29) is 0 Å². The molecule has 3 unspecified atom stereocenters. The van der Waals surface area contributed by atoms with Crippen LogP contribution >= 0.6 is 0 Å². The van der Waals surface area contributed by atoms with Gasteiger partial charge in [-0.3, -0.25) is 4.90 Å². The molecular weight excluding hydrogens is 268 g/mol. The first-order chi connectivity index (χ1) is 10.3. The summed E-state index contributed by atoms with van der Waals surface area (Å²) < 4.78 is 16.0. The number of ether oxygens (including phenoxy) is 3. The standard InChI is InChI=1S/C16H30N2O3/c1-17(8-14-11-19-14)6-4-2-3-5-7-18(9-15-12-20-15)10-16-13-21-16/h14-16H,2-13H2,1H3. The molecule has 0 aromatic rings. The molecule has 0 aliphatic carbocycles. The van der Waals surface area contributed by atoms with Gasteiger partial charge < -0.3 is 19.1 Å². The van der Waals surface area contributed by atoms with Crippen molar-refractivity contribution in [3.63, 3.8) is 0 Å². The molecule has 21 heavy (non-hydrogen) atoms. The van der Waals surface area contributed by atoms with Crippen LogP contribution in [-0.2, 0) is 14.2 Å². The summed E-state index contributed by atoms with van der Waals surface area (Å²) in [5.41, 5.74) is 0. The molecule has 3 saturated heterocycles. The normalized spacial score (nSPS) is 30.1. The van der Waals surface area contributed by atoms with Crippen LogP contribution < -0.4 is 0 Å². The first-order valence-electron chi connectivity index (χ1n) is 8.55. The molecule has 5 heteroatoms. The zero-order valence-electron chi connectivity index (χ0n) is 13.3. The van der Waals surface area contributed by atoms with E-state index in [9.17, 15) is 0 Å². The Bertz CT molecular complexity index is 290. The van der Waals surface area contributed by atoms with Crippen LogP contribution in [0.4, 0.5) is 0 Å². The highest BCUT2D eigenvalue weighted by Crippen LogP contribution is 2.16. The van der Waals surface area contributed by atoms with Crippen molar-refractivity contribution in [1.29, 1.82) is 0 Å². The maximum Gasteiger partial charge on any atom is 0.0936 e. The third kappa shape index (κ3) is 7.06. The molecular formula is C16H30N2O3. The van der Waals surface area contributed by atoms with Crippen LogP contribution in [0.15, 0.2) is 0 Å². The molecule has 3 rings (SSSR count). The topological polar surface area (TPSA) is 44.1 Å².